The van der Waals surface area contributed by atoms with E-state index in [1.807, 2.05) is 18.3 Å². The number of hydrogen-bond donors (Lipinski definition) is 2. The van der Waals surface area contributed by atoms with Gasteiger partial charge >= 0.3 is 0 Å². The molecule has 1 aromatic carbocycles. The maximum atomic E-state index is 12.8. The van der Waals surface area contributed by atoms with Gasteiger partial charge in [-0.3, -0.25) is 19.0 Å². The Morgan fingerprint density at radius 1 is 1.18 bits per heavy atom. The van der Waals surface area contributed by atoms with Gasteiger partial charge in [0.2, 0.25) is 0 Å². The van der Waals surface area contributed by atoms with Gasteiger partial charge in [0.1, 0.15) is 17.1 Å². The van der Waals surface area contributed by atoms with Crippen molar-refractivity contribution in [3.05, 3.63) is 82.0 Å². The Balaban J connectivity index is 1.32. The van der Waals surface area contributed by atoms with Crippen molar-refractivity contribution in [3.63, 3.8) is 0 Å². The smallest absolute Gasteiger partial charge is 0.270 e. The zero-order valence-electron chi connectivity index (χ0n) is 19.1. The molecule has 174 valence electrons. The molecule has 0 bridgehead atoms. The molecule has 0 unspecified atom stereocenters. The third-order valence-electron chi connectivity index (χ3n) is 6.37. The number of ether oxygens (including phenoxy) is 1. The van der Waals surface area contributed by atoms with Gasteiger partial charge in [-0.1, -0.05) is 12.5 Å². The highest BCUT2D eigenvalue weighted by Gasteiger charge is 2.16. The Kier molecular flexibility index (Phi) is 6.22. The number of aromatic nitrogens is 3. The summed E-state index contributed by atoms with van der Waals surface area (Å²) in [6.07, 6.45) is 7.50. The zero-order valence-corrected chi connectivity index (χ0v) is 19.1. The Hall–Kier alpha value is -3.78. The van der Waals surface area contributed by atoms with Crippen LogP contribution in [0.5, 0.6) is 5.75 Å². The third-order valence-corrected chi connectivity index (χ3v) is 6.37. The Morgan fingerprint density at radius 3 is 2.85 bits per heavy atom. The number of fused-ring (bicyclic) bond motifs is 2. The summed E-state index contributed by atoms with van der Waals surface area (Å²) in [6.45, 7) is 2.06. The van der Waals surface area contributed by atoms with Crippen LogP contribution in [-0.2, 0) is 13.1 Å². The van der Waals surface area contributed by atoms with E-state index in [-0.39, 0.29) is 17.8 Å². The molecule has 4 aromatic rings. The third kappa shape index (κ3) is 4.63. The normalized spacial score (nSPS) is 13.7. The Labute approximate surface area is 197 Å². The summed E-state index contributed by atoms with van der Waals surface area (Å²) < 4.78 is 6.93. The summed E-state index contributed by atoms with van der Waals surface area (Å²) in [4.78, 5) is 33.9. The van der Waals surface area contributed by atoms with Gasteiger partial charge < -0.3 is 15.4 Å². The Morgan fingerprint density at radius 2 is 2.06 bits per heavy atom. The predicted octanol–water partition coefficient (Wildman–Crippen LogP) is 3.07. The van der Waals surface area contributed by atoms with Crippen LogP contribution in [0.3, 0.4) is 0 Å². The average molecular weight is 458 g/mol. The van der Waals surface area contributed by atoms with E-state index < -0.39 is 5.91 Å². The molecule has 34 heavy (non-hydrogen) atoms. The molecular weight excluding hydrogens is 430 g/mol. The summed E-state index contributed by atoms with van der Waals surface area (Å²) in [5.74, 6) is 1.03. The van der Waals surface area contributed by atoms with E-state index in [1.54, 1.807) is 31.5 Å². The highest BCUT2D eigenvalue weighted by atomic mass is 16.5. The minimum absolute atomic E-state index is 0.0810. The van der Waals surface area contributed by atoms with Crippen LogP contribution in [0.4, 0.5) is 0 Å². The lowest BCUT2D eigenvalue weighted by atomic mass is 9.85. The van der Waals surface area contributed by atoms with E-state index in [0.717, 1.165) is 41.0 Å². The van der Waals surface area contributed by atoms with E-state index in [9.17, 15) is 9.59 Å². The molecule has 1 fully saturated rings. The van der Waals surface area contributed by atoms with E-state index >= 15 is 0 Å². The second kappa shape index (κ2) is 9.61. The summed E-state index contributed by atoms with van der Waals surface area (Å²) >= 11 is 0. The molecule has 8 heteroatoms. The molecule has 0 atom stereocenters. The summed E-state index contributed by atoms with van der Waals surface area (Å²) in [5, 5.41) is 7.37. The van der Waals surface area contributed by atoms with Crippen LogP contribution in [0.1, 0.15) is 40.9 Å². The quantitative estimate of drug-likeness (QED) is 0.422. The molecule has 3 aromatic heterocycles. The van der Waals surface area contributed by atoms with Gasteiger partial charge in [-0.05, 0) is 55.1 Å². The summed E-state index contributed by atoms with van der Waals surface area (Å²) in [5.41, 5.74) is 2.97. The fourth-order valence-corrected chi connectivity index (χ4v) is 4.23. The highest BCUT2D eigenvalue weighted by Crippen LogP contribution is 2.27. The van der Waals surface area contributed by atoms with Gasteiger partial charge in [-0.2, -0.15) is 0 Å². The van der Waals surface area contributed by atoms with E-state index in [4.69, 9.17) is 4.74 Å². The fraction of sp³-hybridized carbons (Fsp3) is 0.308. The van der Waals surface area contributed by atoms with Crippen molar-refractivity contribution >= 4 is 22.5 Å². The first-order chi connectivity index (χ1) is 16.6. The van der Waals surface area contributed by atoms with Crippen molar-refractivity contribution in [3.8, 4) is 5.75 Å². The van der Waals surface area contributed by atoms with Crippen molar-refractivity contribution in [1.29, 1.82) is 0 Å². The van der Waals surface area contributed by atoms with Crippen molar-refractivity contribution in [2.45, 2.75) is 32.4 Å². The van der Waals surface area contributed by atoms with Crippen LogP contribution < -0.4 is 20.9 Å². The first-order valence-corrected chi connectivity index (χ1v) is 11.5. The lowest BCUT2D eigenvalue weighted by molar-refractivity contribution is 0.0945. The van der Waals surface area contributed by atoms with Gasteiger partial charge in [0.25, 0.3) is 11.5 Å². The molecule has 8 nitrogen and oxygen atoms in total. The van der Waals surface area contributed by atoms with Crippen molar-refractivity contribution in [2.75, 3.05) is 13.7 Å². The maximum Gasteiger partial charge on any atom is 0.270 e. The molecule has 1 aliphatic rings. The second-order valence-corrected chi connectivity index (χ2v) is 8.72. The molecule has 1 saturated carbocycles. The van der Waals surface area contributed by atoms with Crippen molar-refractivity contribution in [2.24, 2.45) is 5.92 Å². The monoisotopic (exact) mass is 457 g/mol. The predicted molar refractivity (Wildman–Crippen MR) is 130 cm³/mol. The van der Waals surface area contributed by atoms with Crippen molar-refractivity contribution < 1.29 is 9.53 Å². The standard InChI is InChI=1S/C26H27N5O3/c1-34-23-11-21-19(9-18(15-28-21)14-27-13-17-5-4-6-17)10-20(23)16-29-26(33)22-12-25(32)31-8-3-2-7-24(31)30-22/h2-3,7-12,15,17,27H,4-6,13-14,16H2,1H3,(H,29,33). The number of nitrogens with zero attached hydrogens (tertiary/aromatic N) is 3. The topological polar surface area (TPSA) is 97.6 Å². The minimum Gasteiger partial charge on any atom is -0.496 e. The van der Waals surface area contributed by atoms with Crippen LogP contribution in [0.15, 0.2) is 59.7 Å². The number of benzene rings is 1. The minimum atomic E-state index is -0.419. The largest absolute Gasteiger partial charge is 0.496 e. The summed E-state index contributed by atoms with van der Waals surface area (Å²) in [6, 6.07) is 12.4. The first-order valence-electron chi connectivity index (χ1n) is 11.5. The lowest BCUT2D eigenvalue weighted by Crippen LogP contribution is -2.27. The SMILES string of the molecule is COc1cc2ncc(CNCC3CCC3)cc2cc1CNC(=O)c1cc(=O)n2ccccc2n1. The second-order valence-electron chi connectivity index (χ2n) is 8.72. The van der Waals surface area contributed by atoms with Crippen molar-refractivity contribution in [1.82, 2.24) is 25.0 Å². The zero-order chi connectivity index (χ0) is 23.5. The molecule has 0 radical (unpaired) electrons. The van der Waals surface area contributed by atoms with E-state index in [0.29, 0.717) is 11.4 Å². The summed E-state index contributed by atoms with van der Waals surface area (Å²) in [7, 11) is 1.59. The molecule has 0 aliphatic heterocycles. The Bertz CT molecular complexity index is 1410. The maximum absolute atomic E-state index is 12.8. The van der Waals surface area contributed by atoms with E-state index in [2.05, 4.69) is 26.7 Å². The van der Waals surface area contributed by atoms with E-state index in [1.165, 1.54) is 29.7 Å². The molecule has 2 N–H and O–H groups in total. The number of rotatable bonds is 8. The number of nitrogens with one attached hydrogen (secondary N) is 2. The molecule has 0 saturated heterocycles. The van der Waals surface area contributed by atoms with Crippen LogP contribution in [0.25, 0.3) is 16.6 Å². The lowest BCUT2D eigenvalue weighted by Gasteiger charge is -2.25. The molecule has 5 rings (SSSR count). The van der Waals surface area contributed by atoms with Crippen LogP contribution in [-0.4, -0.2) is 33.9 Å². The molecule has 1 aliphatic carbocycles. The average Bonchev–Trinajstić information content (AvgIpc) is 2.83. The van der Waals surface area contributed by atoms with Crippen LogP contribution >= 0.6 is 0 Å². The number of methoxy groups -OCH3 is 1. The van der Waals surface area contributed by atoms with Gasteiger partial charge in [0.15, 0.2) is 0 Å². The molecule has 1 amide bonds. The number of pyridine rings is 2. The number of carbonyl (C=O) groups is 1. The van der Waals surface area contributed by atoms with Gasteiger partial charge in [0, 0.05) is 48.6 Å². The number of amides is 1. The molecular formula is C26H27N5O3. The number of carbonyl (C=O) groups excluding carboxylic acids is 1. The van der Waals surface area contributed by atoms with Crippen LogP contribution in [0, 0.1) is 5.92 Å². The number of hydrogen-bond acceptors (Lipinski definition) is 6. The molecule has 3 heterocycles. The fourth-order valence-electron chi connectivity index (χ4n) is 4.23. The van der Waals surface area contributed by atoms with Gasteiger partial charge in [0.05, 0.1) is 12.6 Å². The van der Waals surface area contributed by atoms with Crippen LogP contribution in [0.2, 0.25) is 0 Å². The van der Waals surface area contributed by atoms with Gasteiger partial charge in [-0.15, -0.1) is 0 Å². The first kappa shape index (κ1) is 22.0. The van der Waals surface area contributed by atoms with Gasteiger partial charge in [-0.25, -0.2) is 4.98 Å². The highest BCUT2D eigenvalue weighted by molar-refractivity contribution is 5.92. The molecule has 0 spiro atoms.